The monoisotopic (exact) mass is 228 g/mol. The molecule has 1 rings (SSSR count). The number of urea groups is 1. The molecule has 1 aliphatic rings. The van der Waals surface area contributed by atoms with E-state index in [1.165, 1.54) is 11.8 Å². The molecule has 0 aromatic carbocycles. The third kappa shape index (κ3) is 2.95. The average molecular weight is 228 g/mol. The number of imide groups is 1. The molecule has 0 unspecified atom stereocenters. The number of amides is 3. The molecule has 92 valence electrons. The fraction of sp³-hybridized carbons (Fsp3) is 0.818. The van der Waals surface area contributed by atoms with Crippen LogP contribution in [0.3, 0.4) is 0 Å². The predicted molar refractivity (Wildman–Crippen MR) is 60.1 cm³/mol. The van der Waals surface area contributed by atoms with Gasteiger partial charge in [-0.15, -0.1) is 0 Å². The van der Waals surface area contributed by atoms with Crippen molar-refractivity contribution < 1.29 is 14.3 Å². The van der Waals surface area contributed by atoms with E-state index in [-0.39, 0.29) is 11.9 Å². The van der Waals surface area contributed by atoms with Gasteiger partial charge in [-0.3, -0.25) is 9.69 Å². The van der Waals surface area contributed by atoms with Crippen molar-refractivity contribution >= 4 is 11.9 Å². The summed E-state index contributed by atoms with van der Waals surface area (Å²) in [7, 11) is 0. The predicted octanol–water partition coefficient (Wildman–Crippen LogP) is 1.09. The maximum atomic E-state index is 12.2. The van der Waals surface area contributed by atoms with Crippen LogP contribution < -0.4 is 0 Å². The molecule has 0 atom stereocenters. The van der Waals surface area contributed by atoms with Crippen LogP contribution in [-0.2, 0) is 9.53 Å². The normalized spacial score (nSPS) is 17.1. The van der Waals surface area contributed by atoms with Gasteiger partial charge in [0.05, 0.1) is 13.2 Å². The molecule has 0 aromatic rings. The fourth-order valence-corrected chi connectivity index (χ4v) is 1.79. The molecule has 5 heteroatoms. The summed E-state index contributed by atoms with van der Waals surface area (Å²) in [6.07, 6.45) is 0. The minimum absolute atomic E-state index is 0.219. The maximum Gasteiger partial charge on any atom is 0.327 e. The average Bonchev–Trinajstić information content (AvgIpc) is 2.16. The van der Waals surface area contributed by atoms with E-state index in [0.29, 0.717) is 26.3 Å². The van der Waals surface area contributed by atoms with Crippen LogP contribution in [0.25, 0.3) is 0 Å². The van der Waals surface area contributed by atoms with Crippen molar-refractivity contribution in [3.8, 4) is 0 Å². The highest BCUT2D eigenvalue weighted by molar-refractivity contribution is 5.94. The zero-order valence-corrected chi connectivity index (χ0v) is 10.4. The number of hydrogen-bond donors (Lipinski definition) is 0. The van der Waals surface area contributed by atoms with Crippen molar-refractivity contribution in [3.63, 3.8) is 0 Å². The molecule has 1 aliphatic heterocycles. The summed E-state index contributed by atoms with van der Waals surface area (Å²) in [5.74, 6) is -0.219. The molecule has 0 bridgehead atoms. The van der Waals surface area contributed by atoms with Crippen molar-refractivity contribution in [2.45, 2.75) is 33.2 Å². The van der Waals surface area contributed by atoms with Gasteiger partial charge in [0, 0.05) is 25.6 Å². The lowest BCUT2D eigenvalue weighted by Crippen LogP contribution is -2.56. The molecule has 0 N–H and O–H groups in total. The molecule has 0 aliphatic carbocycles. The minimum Gasteiger partial charge on any atom is -0.378 e. The summed E-state index contributed by atoms with van der Waals surface area (Å²) in [4.78, 5) is 26.7. The molecule has 1 heterocycles. The van der Waals surface area contributed by atoms with Crippen molar-refractivity contribution in [3.05, 3.63) is 0 Å². The highest BCUT2D eigenvalue weighted by Gasteiger charge is 2.33. The third-order valence-electron chi connectivity index (χ3n) is 2.46. The second-order valence-electron chi connectivity index (χ2n) is 4.91. The van der Waals surface area contributed by atoms with E-state index in [1.807, 2.05) is 20.8 Å². The molecular weight excluding hydrogens is 208 g/mol. The molecule has 0 spiro atoms. The second-order valence-corrected chi connectivity index (χ2v) is 4.91. The van der Waals surface area contributed by atoms with Crippen LogP contribution in [0, 0.1) is 0 Å². The molecule has 0 aromatic heterocycles. The SMILES string of the molecule is CC(=O)N(C(=O)N1CCOCC1)C(C)(C)C. The van der Waals surface area contributed by atoms with Crippen molar-refractivity contribution in [1.82, 2.24) is 9.80 Å². The van der Waals surface area contributed by atoms with Crippen LogP contribution in [0.15, 0.2) is 0 Å². The Labute approximate surface area is 96.3 Å². The van der Waals surface area contributed by atoms with E-state index in [0.717, 1.165) is 0 Å². The van der Waals surface area contributed by atoms with Gasteiger partial charge in [-0.25, -0.2) is 4.79 Å². The van der Waals surface area contributed by atoms with Gasteiger partial charge in [0.2, 0.25) is 5.91 Å². The molecule has 0 saturated carbocycles. The largest absolute Gasteiger partial charge is 0.378 e. The van der Waals surface area contributed by atoms with Crippen LogP contribution in [0.4, 0.5) is 4.79 Å². The number of hydrogen-bond acceptors (Lipinski definition) is 3. The Kier molecular flexibility index (Phi) is 3.91. The van der Waals surface area contributed by atoms with E-state index >= 15 is 0 Å². The highest BCUT2D eigenvalue weighted by atomic mass is 16.5. The number of ether oxygens (including phenoxy) is 1. The van der Waals surface area contributed by atoms with Gasteiger partial charge in [-0.05, 0) is 20.8 Å². The summed E-state index contributed by atoms with van der Waals surface area (Å²) in [6, 6.07) is -0.219. The van der Waals surface area contributed by atoms with E-state index in [1.54, 1.807) is 4.90 Å². The Hall–Kier alpha value is -1.10. The first kappa shape index (κ1) is 13.0. The lowest BCUT2D eigenvalue weighted by molar-refractivity contribution is -0.130. The number of carbonyl (C=O) groups is 2. The minimum atomic E-state index is -0.485. The first-order valence-electron chi connectivity index (χ1n) is 5.51. The number of nitrogens with zero attached hydrogens (tertiary/aromatic N) is 2. The van der Waals surface area contributed by atoms with Crippen molar-refractivity contribution in [2.75, 3.05) is 26.3 Å². The van der Waals surface area contributed by atoms with Gasteiger partial charge < -0.3 is 9.64 Å². The van der Waals surface area contributed by atoms with E-state index in [4.69, 9.17) is 4.74 Å². The molecule has 1 fully saturated rings. The molecule has 1 saturated heterocycles. The van der Waals surface area contributed by atoms with E-state index in [2.05, 4.69) is 0 Å². The van der Waals surface area contributed by atoms with Crippen LogP contribution in [0.2, 0.25) is 0 Å². The molecule has 16 heavy (non-hydrogen) atoms. The Balaban J connectivity index is 2.78. The lowest BCUT2D eigenvalue weighted by Gasteiger charge is -2.38. The van der Waals surface area contributed by atoms with E-state index in [9.17, 15) is 9.59 Å². The summed E-state index contributed by atoms with van der Waals surface area (Å²) in [6.45, 7) is 9.18. The highest BCUT2D eigenvalue weighted by Crippen LogP contribution is 2.16. The summed E-state index contributed by atoms with van der Waals surface area (Å²) >= 11 is 0. The number of carbonyl (C=O) groups excluding carboxylic acids is 2. The molecular formula is C11H20N2O3. The standard InChI is InChI=1S/C11H20N2O3/c1-9(14)13(11(2,3)4)10(15)12-5-7-16-8-6-12/h5-8H2,1-4H3. The quantitative estimate of drug-likeness (QED) is 0.623. The summed E-state index contributed by atoms with van der Waals surface area (Å²) in [5.41, 5.74) is -0.485. The zero-order valence-electron chi connectivity index (χ0n) is 10.4. The lowest BCUT2D eigenvalue weighted by atomic mass is 10.1. The Morgan fingerprint density at radius 1 is 1.19 bits per heavy atom. The Morgan fingerprint density at radius 2 is 1.69 bits per heavy atom. The van der Waals surface area contributed by atoms with Gasteiger partial charge >= 0.3 is 6.03 Å². The summed E-state index contributed by atoms with van der Waals surface area (Å²) in [5, 5.41) is 0. The Morgan fingerprint density at radius 3 is 2.06 bits per heavy atom. The fourth-order valence-electron chi connectivity index (χ4n) is 1.79. The summed E-state index contributed by atoms with van der Waals surface area (Å²) < 4.78 is 5.18. The van der Waals surface area contributed by atoms with Crippen LogP contribution >= 0.6 is 0 Å². The van der Waals surface area contributed by atoms with Crippen LogP contribution in [0.1, 0.15) is 27.7 Å². The Bertz CT molecular complexity index is 277. The number of morpholine rings is 1. The molecule has 3 amide bonds. The second kappa shape index (κ2) is 4.82. The molecule has 0 radical (unpaired) electrons. The van der Waals surface area contributed by atoms with Gasteiger partial charge in [0.25, 0.3) is 0 Å². The van der Waals surface area contributed by atoms with Gasteiger partial charge in [0.1, 0.15) is 0 Å². The smallest absolute Gasteiger partial charge is 0.327 e. The topological polar surface area (TPSA) is 49.9 Å². The van der Waals surface area contributed by atoms with Crippen LogP contribution in [0.5, 0.6) is 0 Å². The van der Waals surface area contributed by atoms with Crippen molar-refractivity contribution in [1.29, 1.82) is 0 Å². The van der Waals surface area contributed by atoms with Crippen molar-refractivity contribution in [2.24, 2.45) is 0 Å². The van der Waals surface area contributed by atoms with Crippen LogP contribution in [-0.4, -0.2) is 53.6 Å². The maximum absolute atomic E-state index is 12.2. The van der Waals surface area contributed by atoms with Gasteiger partial charge in [-0.1, -0.05) is 0 Å². The van der Waals surface area contributed by atoms with Gasteiger partial charge in [-0.2, -0.15) is 0 Å². The van der Waals surface area contributed by atoms with Gasteiger partial charge in [0.15, 0.2) is 0 Å². The zero-order chi connectivity index (χ0) is 12.3. The molecule has 5 nitrogen and oxygen atoms in total. The third-order valence-corrected chi connectivity index (χ3v) is 2.46. The van der Waals surface area contributed by atoms with E-state index < -0.39 is 5.54 Å². The first-order chi connectivity index (χ1) is 7.34. The first-order valence-corrected chi connectivity index (χ1v) is 5.51. The number of rotatable bonds is 0.